The molecule has 2 amide bonds. The SMILES string of the molecule is Cc1[c-]cc(N2CCN(C)C2=O)nc1.[Y]. The molecule has 0 spiro atoms. The minimum Gasteiger partial charge on any atom is -0.367 e. The zero-order valence-corrected chi connectivity index (χ0v) is 11.7. The van der Waals surface area contributed by atoms with Crippen molar-refractivity contribution < 1.29 is 37.5 Å². The van der Waals surface area contributed by atoms with Crippen molar-refractivity contribution in [2.24, 2.45) is 0 Å². The summed E-state index contributed by atoms with van der Waals surface area (Å²) in [5.41, 5.74) is 0.980. The standard InChI is InChI=1S/C10H12N3O.Y/c1-8-3-4-9(11-7-8)13-6-5-12(2)10(13)14;/h4,7H,5-6H2,1-2H3;/q-1;. The van der Waals surface area contributed by atoms with Crippen molar-refractivity contribution >= 4 is 11.8 Å². The summed E-state index contributed by atoms with van der Waals surface area (Å²) in [6.45, 7) is 3.39. The van der Waals surface area contributed by atoms with Gasteiger partial charge < -0.3 is 14.8 Å². The van der Waals surface area contributed by atoms with Crippen LogP contribution in [0.15, 0.2) is 12.3 Å². The monoisotopic (exact) mass is 279 g/mol. The van der Waals surface area contributed by atoms with E-state index in [1.54, 1.807) is 29.1 Å². The zero-order valence-electron chi connectivity index (χ0n) is 8.90. The average molecular weight is 279 g/mol. The van der Waals surface area contributed by atoms with Gasteiger partial charge in [-0.05, 0) is 0 Å². The molecule has 0 unspecified atom stereocenters. The Morgan fingerprint density at radius 2 is 2.20 bits per heavy atom. The maximum atomic E-state index is 11.6. The van der Waals surface area contributed by atoms with Crippen LogP contribution in [0, 0.1) is 13.0 Å². The summed E-state index contributed by atoms with van der Waals surface area (Å²) in [4.78, 5) is 19.1. The molecule has 1 aliphatic heterocycles. The van der Waals surface area contributed by atoms with Crippen LogP contribution in [0.5, 0.6) is 0 Å². The molecule has 0 bridgehead atoms. The molecule has 1 saturated heterocycles. The summed E-state index contributed by atoms with van der Waals surface area (Å²) in [7, 11) is 1.79. The molecule has 5 heteroatoms. The van der Waals surface area contributed by atoms with E-state index in [0.29, 0.717) is 12.4 Å². The third-order valence-corrected chi connectivity index (χ3v) is 2.31. The van der Waals surface area contributed by atoms with Crippen LogP contribution in [-0.4, -0.2) is 36.1 Å². The summed E-state index contributed by atoms with van der Waals surface area (Å²) >= 11 is 0. The van der Waals surface area contributed by atoms with E-state index in [0.717, 1.165) is 12.1 Å². The number of rotatable bonds is 1. The molecule has 1 aromatic rings. The smallest absolute Gasteiger partial charge is 0.314 e. The van der Waals surface area contributed by atoms with Gasteiger partial charge in [0, 0.05) is 58.7 Å². The Morgan fingerprint density at radius 3 is 2.67 bits per heavy atom. The number of anilines is 1. The second-order valence-corrected chi connectivity index (χ2v) is 3.44. The van der Waals surface area contributed by atoms with Gasteiger partial charge in [-0.25, -0.2) is 4.79 Å². The normalized spacial score (nSPS) is 15.5. The largest absolute Gasteiger partial charge is 0.367 e. The molecule has 0 aliphatic carbocycles. The first-order chi connectivity index (χ1) is 6.68. The Bertz CT molecular complexity index is 352. The number of carbonyl (C=O) groups is 1. The van der Waals surface area contributed by atoms with Crippen molar-refractivity contribution in [1.29, 1.82) is 0 Å². The zero-order chi connectivity index (χ0) is 10.1. The van der Waals surface area contributed by atoms with Gasteiger partial charge in [0.15, 0.2) is 0 Å². The number of hydrogen-bond acceptors (Lipinski definition) is 2. The maximum absolute atomic E-state index is 11.6. The van der Waals surface area contributed by atoms with Crippen LogP contribution in [0.25, 0.3) is 0 Å². The van der Waals surface area contributed by atoms with Gasteiger partial charge in [-0.15, -0.1) is 11.6 Å². The van der Waals surface area contributed by atoms with Crippen molar-refractivity contribution in [3.05, 3.63) is 23.9 Å². The number of carbonyl (C=O) groups excluding carboxylic acids is 1. The van der Waals surface area contributed by atoms with Crippen molar-refractivity contribution in [3.63, 3.8) is 0 Å². The number of likely N-dealkylation sites (N-methyl/N-ethyl adjacent to an activating group) is 1. The van der Waals surface area contributed by atoms with Gasteiger partial charge in [0.1, 0.15) is 0 Å². The van der Waals surface area contributed by atoms with Crippen LogP contribution >= 0.6 is 0 Å². The van der Waals surface area contributed by atoms with Crippen LogP contribution in [0.4, 0.5) is 10.6 Å². The van der Waals surface area contributed by atoms with Gasteiger partial charge in [0.05, 0.1) is 0 Å². The predicted octanol–water partition coefficient (Wildman–Crippen LogP) is 1.06. The molecule has 0 saturated carbocycles. The summed E-state index contributed by atoms with van der Waals surface area (Å²) < 4.78 is 0. The van der Waals surface area contributed by atoms with Gasteiger partial charge in [-0.3, -0.25) is 0 Å². The first kappa shape index (κ1) is 12.6. The van der Waals surface area contributed by atoms with Crippen LogP contribution in [0.1, 0.15) is 5.56 Å². The fourth-order valence-corrected chi connectivity index (χ4v) is 1.42. The van der Waals surface area contributed by atoms with Gasteiger partial charge in [-0.1, -0.05) is 13.1 Å². The second kappa shape index (κ2) is 5.04. The molecular weight excluding hydrogens is 267 g/mol. The van der Waals surface area contributed by atoms with E-state index in [1.165, 1.54) is 0 Å². The molecule has 2 heterocycles. The molecule has 1 aliphatic rings. The fourth-order valence-electron chi connectivity index (χ4n) is 1.42. The van der Waals surface area contributed by atoms with Gasteiger partial charge in [0.25, 0.3) is 0 Å². The quantitative estimate of drug-likeness (QED) is 0.721. The van der Waals surface area contributed by atoms with Crippen molar-refractivity contribution in [2.75, 3.05) is 25.0 Å². The first-order valence-electron chi connectivity index (χ1n) is 4.55. The van der Waals surface area contributed by atoms with E-state index < -0.39 is 0 Å². The molecule has 1 fully saturated rings. The molecule has 0 atom stereocenters. The number of aromatic nitrogens is 1. The van der Waals surface area contributed by atoms with Crippen molar-refractivity contribution in [2.45, 2.75) is 6.92 Å². The van der Waals surface area contributed by atoms with E-state index in [-0.39, 0.29) is 38.7 Å². The Labute approximate surface area is 115 Å². The van der Waals surface area contributed by atoms with E-state index in [4.69, 9.17) is 0 Å². The Hall–Kier alpha value is -0.476. The number of nitrogens with zero attached hydrogens (tertiary/aromatic N) is 3. The molecule has 1 radical (unpaired) electrons. The molecular formula is C10H12N3OY-. The molecule has 0 aromatic carbocycles. The minimum atomic E-state index is 0. The first-order valence-corrected chi connectivity index (χ1v) is 4.55. The third-order valence-electron chi connectivity index (χ3n) is 2.31. The van der Waals surface area contributed by atoms with Crippen molar-refractivity contribution in [1.82, 2.24) is 9.88 Å². The van der Waals surface area contributed by atoms with Crippen molar-refractivity contribution in [3.8, 4) is 0 Å². The topological polar surface area (TPSA) is 36.4 Å². The Kier molecular flexibility index (Phi) is 4.23. The molecule has 4 nitrogen and oxygen atoms in total. The number of amides is 2. The average Bonchev–Trinajstić information content (AvgIpc) is 2.50. The van der Waals surface area contributed by atoms with Crippen LogP contribution in [0.3, 0.4) is 0 Å². The number of pyridine rings is 1. The van der Waals surface area contributed by atoms with Crippen LogP contribution in [0.2, 0.25) is 0 Å². The summed E-state index contributed by atoms with van der Waals surface area (Å²) in [5, 5.41) is 0. The summed E-state index contributed by atoms with van der Waals surface area (Å²) in [5.74, 6) is 0.685. The van der Waals surface area contributed by atoms with Crippen LogP contribution in [-0.2, 0) is 32.7 Å². The fraction of sp³-hybridized carbons (Fsp3) is 0.400. The van der Waals surface area contributed by atoms with Gasteiger partial charge in [0.2, 0.25) is 0 Å². The number of hydrogen-bond donors (Lipinski definition) is 0. The Morgan fingerprint density at radius 1 is 1.47 bits per heavy atom. The van der Waals surface area contributed by atoms with Gasteiger partial charge >= 0.3 is 6.03 Å². The second-order valence-electron chi connectivity index (χ2n) is 3.44. The molecule has 2 rings (SSSR count). The summed E-state index contributed by atoms with van der Waals surface area (Å²) in [6, 6.07) is 4.80. The predicted molar refractivity (Wildman–Crippen MR) is 53.2 cm³/mol. The van der Waals surface area contributed by atoms with E-state index >= 15 is 0 Å². The molecule has 15 heavy (non-hydrogen) atoms. The molecule has 77 valence electrons. The van der Waals surface area contributed by atoms with E-state index in [2.05, 4.69) is 11.1 Å². The van der Waals surface area contributed by atoms with Crippen LogP contribution < -0.4 is 4.90 Å². The third kappa shape index (κ3) is 2.55. The van der Waals surface area contributed by atoms with Gasteiger partial charge in [-0.2, -0.15) is 6.07 Å². The summed E-state index contributed by atoms with van der Waals surface area (Å²) in [6.07, 6.45) is 1.72. The Balaban J connectivity index is 0.00000112. The molecule has 1 aromatic heterocycles. The minimum absolute atomic E-state index is 0. The molecule has 0 N–H and O–H groups in total. The maximum Gasteiger partial charge on any atom is 0.314 e. The number of urea groups is 1. The van der Waals surface area contributed by atoms with E-state index in [1.807, 2.05) is 6.92 Å². The number of aryl methyl sites for hydroxylation is 1. The van der Waals surface area contributed by atoms with E-state index in [9.17, 15) is 4.79 Å².